The summed E-state index contributed by atoms with van der Waals surface area (Å²) in [6.07, 6.45) is 1.98. The maximum atomic E-state index is 12.6. The molecule has 4 rings (SSSR count). The van der Waals surface area contributed by atoms with Crippen LogP contribution in [0.2, 0.25) is 0 Å². The van der Waals surface area contributed by atoms with Gasteiger partial charge in [-0.05, 0) is 30.9 Å². The van der Waals surface area contributed by atoms with Crippen molar-refractivity contribution in [2.24, 2.45) is 0 Å². The van der Waals surface area contributed by atoms with Crippen molar-refractivity contribution in [1.82, 2.24) is 14.6 Å². The maximum absolute atomic E-state index is 12.6. The van der Waals surface area contributed by atoms with Gasteiger partial charge >= 0.3 is 0 Å². The second kappa shape index (κ2) is 5.66. The first-order chi connectivity index (χ1) is 12.1. The lowest BCUT2D eigenvalue weighted by molar-refractivity contribution is 0.102. The largest absolute Gasteiger partial charge is 0.497 e. The van der Waals surface area contributed by atoms with Crippen LogP contribution in [-0.4, -0.2) is 27.6 Å². The standard InChI is InChI=1S/C17H16N4O4/c1-25-11-4-2-3-10(7-11)18-16(23)14-15-19-12(9-5-6-9)8-13(22)21(15)20-17(14)24/h2-4,7-9,19H,5-6H2,1H3,(H,18,23)(H,20,24). The quantitative estimate of drug-likeness (QED) is 0.668. The molecule has 1 aliphatic rings. The molecule has 0 saturated heterocycles. The van der Waals surface area contributed by atoms with E-state index in [-0.39, 0.29) is 22.7 Å². The lowest BCUT2D eigenvalue weighted by atomic mass is 10.2. The van der Waals surface area contributed by atoms with Gasteiger partial charge in [-0.25, -0.2) is 0 Å². The molecule has 8 nitrogen and oxygen atoms in total. The predicted molar refractivity (Wildman–Crippen MR) is 91.6 cm³/mol. The highest BCUT2D eigenvalue weighted by atomic mass is 16.5. The van der Waals surface area contributed by atoms with Gasteiger partial charge in [0.25, 0.3) is 17.0 Å². The molecule has 1 aliphatic carbocycles. The first-order valence-corrected chi connectivity index (χ1v) is 7.90. The summed E-state index contributed by atoms with van der Waals surface area (Å²) in [6, 6.07) is 8.26. The van der Waals surface area contributed by atoms with Gasteiger partial charge < -0.3 is 15.0 Å². The van der Waals surface area contributed by atoms with Crippen molar-refractivity contribution in [1.29, 1.82) is 0 Å². The fraction of sp³-hybridized carbons (Fsp3) is 0.235. The third kappa shape index (κ3) is 2.71. The van der Waals surface area contributed by atoms with Gasteiger partial charge in [-0.1, -0.05) is 6.07 Å². The Labute approximate surface area is 141 Å². The summed E-state index contributed by atoms with van der Waals surface area (Å²) in [4.78, 5) is 40.1. The van der Waals surface area contributed by atoms with E-state index in [1.165, 1.54) is 13.2 Å². The molecule has 1 amide bonds. The lowest BCUT2D eigenvalue weighted by Gasteiger charge is -2.06. The van der Waals surface area contributed by atoms with E-state index in [9.17, 15) is 14.4 Å². The van der Waals surface area contributed by atoms with Crippen LogP contribution in [-0.2, 0) is 0 Å². The fourth-order valence-corrected chi connectivity index (χ4v) is 2.81. The Morgan fingerprint density at radius 1 is 1.28 bits per heavy atom. The molecule has 128 valence electrons. The van der Waals surface area contributed by atoms with Crippen molar-refractivity contribution in [2.75, 3.05) is 12.4 Å². The molecule has 8 heteroatoms. The predicted octanol–water partition coefficient (Wildman–Crippen LogP) is 1.45. The van der Waals surface area contributed by atoms with Gasteiger partial charge in [0.05, 0.1) is 7.11 Å². The summed E-state index contributed by atoms with van der Waals surface area (Å²) in [5.41, 5.74) is 0.306. The van der Waals surface area contributed by atoms with Crippen LogP contribution < -0.4 is 21.2 Å². The summed E-state index contributed by atoms with van der Waals surface area (Å²) in [7, 11) is 1.52. The molecule has 1 saturated carbocycles. The molecule has 2 heterocycles. The molecule has 3 aromatic rings. The monoisotopic (exact) mass is 340 g/mol. The third-order valence-corrected chi connectivity index (χ3v) is 4.23. The van der Waals surface area contributed by atoms with Crippen LogP contribution in [0.3, 0.4) is 0 Å². The Hall–Kier alpha value is -3.29. The number of nitrogens with one attached hydrogen (secondary N) is 3. The zero-order valence-electron chi connectivity index (χ0n) is 13.5. The minimum atomic E-state index is -0.623. The molecule has 25 heavy (non-hydrogen) atoms. The second-order valence-electron chi connectivity index (χ2n) is 6.02. The Bertz CT molecular complexity index is 1090. The first-order valence-electron chi connectivity index (χ1n) is 7.90. The van der Waals surface area contributed by atoms with E-state index in [2.05, 4.69) is 15.4 Å². The lowest BCUT2D eigenvalue weighted by Crippen LogP contribution is -2.20. The van der Waals surface area contributed by atoms with Crippen molar-refractivity contribution in [3.05, 3.63) is 62.3 Å². The molecular weight excluding hydrogens is 324 g/mol. The number of anilines is 1. The van der Waals surface area contributed by atoms with Crippen LogP contribution in [0.25, 0.3) is 5.65 Å². The van der Waals surface area contributed by atoms with Gasteiger partial charge in [0.15, 0.2) is 5.65 Å². The number of hydrogen-bond donors (Lipinski definition) is 3. The summed E-state index contributed by atoms with van der Waals surface area (Å²) < 4.78 is 6.18. The Morgan fingerprint density at radius 2 is 2.08 bits per heavy atom. The smallest absolute Gasteiger partial charge is 0.279 e. The zero-order chi connectivity index (χ0) is 17.6. The fourth-order valence-electron chi connectivity index (χ4n) is 2.81. The number of benzene rings is 1. The van der Waals surface area contributed by atoms with Crippen LogP contribution in [0.15, 0.2) is 39.9 Å². The van der Waals surface area contributed by atoms with Gasteiger partial charge in [-0.15, -0.1) is 0 Å². The number of carbonyl (C=O) groups excluding carboxylic acids is 1. The van der Waals surface area contributed by atoms with E-state index in [1.54, 1.807) is 24.3 Å². The minimum Gasteiger partial charge on any atom is -0.497 e. The van der Waals surface area contributed by atoms with E-state index in [0.29, 0.717) is 11.4 Å². The van der Waals surface area contributed by atoms with Crippen LogP contribution in [0.1, 0.15) is 34.8 Å². The molecule has 0 atom stereocenters. The van der Waals surface area contributed by atoms with Gasteiger partial charge in [0.2, 0.25) is 0 Å². The van der Waals surface area contributed by atoms with E-state index < -0.39 is 11.5 Å². The molecule has 1 aromatic carbocycles. The van der Waals surface area contributed by atoms with Crippen molar-refractivity contribution in [2.45, 2.75) is 18.8 Å². The van der Waals surface area contributed by atoms with Crippen molar-refractivity contribution in [3.63, 3.8) is 0 Å². The molecule has 0 bridgehead atoms. The molecule has 0 aliphatic heterocycles. The summed E-state index contributed by atoms with van der Waals surface area (Å²) in [5.74, 6) is 0.274. The number of nitrogens with zero attached hydrogens (tertiary/aromatic N) is 1. The van der Waals surface area contributed by atoms with Gasteiger partial charge in [-0.2, -0.15) is 4.52 Å². The normalized spacial score (nSPS) is 13.8. The summed E-state index contributed by atoms with van der Waals surface area (Å²) >= 11 is 0. The second-order valence-corrected chi connectivity index (χ2v) is 6.02. The minimum absolute atomic E-state index is 0.123. The van der Waals surface area contributed by atoms with Gasteiger partial charge in [0, 0.05) is 23.5 Å². The molecule has 2 aromatic heterocycles. The molecule has 0 unspecified atom stereocenters. The van der Waals surface area contributed by atoms with Crippen molar-refractivity contribution < 1.29 is 9.53 Å². The van der Waals surface area contributed by atoms with Crippen LogP contribution >= 0.6 is 0 Å². The Kier molecular flexibility index (Phi) is 3.45. The number of fused-ring (bicyclic) bond motifs is 1. The van der Waals surface area contributed by atoms with Crippen molar-refractivity contribution in [3.8, 4) is 5.75 Å². The highest BCUT2D eigenvalue weighted by Crippen LogP contribution is 2.38. The van der Waals surface area contributed by atoms with Crippen LogP contribution in [0.5, 0.6) is 5.75 Å². The molecule has 3 N–H and O–H groups in total. The topological polar surface area (TPSA) is 108 Å². The van der Waals surface area contributed by atoms with E-state index in [0.717, 1.165) is 23.1 Å². The van der Waals surface area contributed by atoms with Gasteiger partial charge in [-0.3, -0.25) is 19.5 Å². The number of aromatic amines is 2. The average Bonchev–Trinajstić information content (AvgIpc) is 3.38. The molecule has 0 spiro atoms. The number of ether oxygens (including phenoxy) is 1. The Balaban J connectivity index is 1.77. The summed E-state index contributed by atoms with van der Waals surface area (Å²) in [5, 5.41) is 5.06. The van der Waals surface area contributed by atoms with Crippen LogP contribution in [0.4, 0.5) is 5.69 Å². The van der Waals surface area contributed by atoms with E-state index in [4.69, 9.17) is 4.74 Å². The average molecular weight is 340 g/mol. The summed E-state index contributed by atoms with van der Waals surface area (Å²) in [6.45, 7) is 0. The number of carbonyl (C=O) groups is 1. The van der Waals surface area contributed by atoms with E-state index >= 15 is 0 Å². The van der Waals surface area contributed by atoms with Crippen molar-refractivity contribution >= 4 is 17.2 Å². The number of aromatic nitrogens is 3. The van der Waals surface area contributed by atoms with Gasteiger partial charge in [0.1, 0.15) is 11.3 Å². The number of amides is 1. The van der Waals surface area contributed by atoms with Crippen LogP contribution in [0, 0.1) is 0 Å². The number of rotatable bonds is 4. The zero-order valence-corrected chi connectivity index (χ0v) is 13.5. The number of methoxy groups -OCH3 is 1. The molecule has 1 fully saturated rings. The highest BCUT2D eigenvalue weighted by Gasteiger charge is 2.27. The van der Waals surface area contributed by atoms with E-state index in [1.807, 2.05) is 0 Å². The highest BCUT2D eigenvalue weighted by molar-refractivity contribution is 6.08. The Morgan fingerprint density at radius 3 is 2.80 bits per heavy atom. The number of H-pyrrole nitrogens is 2. The number of hydrogen-bond acceptors (Lipinski definition) is 4. The first kappa shape index (κ1) is 15.3. The maximum Gasteiger partial charge on any atom is 0.279 e. The molecular formula is C17H16N4O4. The third-order valence-electron chi connectivity index (χ3n) is 4.23. The SMILES string of the molecule is COc1cccc(NC(=O)c2c(=O)[nH]n3c(=O)cc(C4CC4)[nH]c23)c1. The molecule has 0 radical (unpaired) electrons.